The monoisotopic (exact) mass is 250 g/mol. The van der Waals surface area contributed by atoms with Gasteiger partial charge in [-0.1, -0.05) is 24.3 Å². The summed E-state index contributed by atoms with van der Waals surface area (Å²) < 4.78 is 10.3. The summed E-state index contributed by atoms with van der Waals surface area (Å²) in [6.45, 7) is 0.738. The molecule has 0 saturated heterocycles. The summed E-state index contributed by atoms with van der Waals surface area (Å²) in [5, 5.41) is -0.221. The smallest absolute Gasteiger partial charge is 0.126 e. The fourth-order valence-electron chi connectivity index (χ4n) is 1.67. The van der Waals surface area contributed by atoms with Crippen LogP contribution in [0.25, 0.3) is 0 Å². The Hall–Kier alpha value is -1.25. The van der Waals surface area contributed by atoms with E-state index >= 15 is 0 Å². The van der Waals surface area contributed by atoms with E-state index in [1.807, 2.05) is 24.3 Å². The summed E-state index contributed by atoms with van der Waals surface area (Å²) in [5.41, 5.74) is 2.29. The second kappa shape index (κ2) is 5.89. The van der Waals surface area contributed by atoms with Crippen molar-refractivity contribution in [1.82, 2.24) is 0 Å². The highest BCUT2D eigenvalue weighted by molar-refractivity contribution is 6.22. The number of ether oxygens (including phenoxy) is 1. The summed E-state index contributed by atoms with van der Waals surface area (Å²) >= 11 is 6.31. The zero-order valence-corrected chi connectivity index (χ0v) is 10.5. The third-order valence-electron chi connectivity index (χ3n) is 2.66. The Bertz CT molecular complexity index is 434. The lowest BCUT2D eigenvalue weighted by atomic mass is 10.1. The predicted octanol–water partition coefficient (Wildman–Crippen LogP) is 3.80. The van der Waals surface area contributed by atoms with Gasteiger partial charge in [0.15, 0.2) is 0 Å². The summed E-state index contributed by atoms with van der Waals surface area (Å²) in [7, 11) is 1.71. The molecule has 0 fully saturated rings. The molecule has 2 nitrogen and oxygen atoms in total. The standard InChI is InChI=1S/C14H15ClO2/c1-16-10-8-11-4-6-12(7-5-11)14(15)13-3-2-9-17-13/h2-7,9,14H,8,10H2,1H3. The van der Waals surface area contributed by atoms with Crippen LogP contribution < -0.4 is 0 Å². The summed E-state index contributed by atoms with van der Waals surface area (Å²) in [5.74, 6) is 0.774. The maximum absolute atomic E-state index is 6.31. The molecule has 1 atom stereocenters. The number of hydrogen-bond acceptors (Lipinski definition) is 2. The molecule has 0 radical (unpaired) electrons. The van der Waals surface area contributed by atoms with Gasteiger partial charge in [0.25, 0.3) is 0 Å². The molecular formula is C14H15ClO2. The first-order chi connectivity index (χ1) is 8.31. The molecule has 0 aliphatic rings. The highest BCUT2D eigenvalue weighted by atomic mass is 35.5. The van der Waals surface area contributed by atoms with E-state index in [0.29, 0.717) is 0 Å². The van der Waals surface area contributed by atoms with Crippen LogP contribution in [0.5, 0.6) is 0 Å². The van der Waals surface area contributed by atoms with Crippen LogP contribution in [0.15, 0.2) is 47.1 Å². The van der Waals surface area contributed by atoms with Gasteiger partial charge in [0.2, 0.25) is 0 Å². The first kappa shape index (κ1) is 12.2. The Morgan fingerprint density at radius 3 is 2.59 bits per heavy atom. The molecule has 0 bridgehead atoms. The molecule has 0 saturated carbocycles. The van der Waals surface area contributed by atoms with Gasteiger partial charge in [-0.25, -0.2) is 0 Å². The first-order valence-electron chi connectivity index (χ1n) is 5.56. The minimum absolute atomic E-state index is 0.221. The SMILES string of the molecule is COCCc1ccc(C(Cl)c2ccco2)cc1. The van der Waals surface area contributed by atoms with Crippen molar-refractivity contribution in [1.29, 1.82) is 0 Å². The van der Waals surface area contributed by atoms with Crippen molar-refractivity contribution in [3.8, 4) is 0 Å². The van der Waals surface area contributed by atoms with Gasteiger partial charge in [0.05, 0.1) is 12.9 Å². The van der Waals surface area contributed by atoms with Gasteiger partial charge in [-0.05, 0) is 29.7 Å². The van der Waals surface area contributed by atoms with Crippen LogP contribution in [-0.2, 0) is 11.2 Å². The first-order valence-corrected chi connectivity index (χ1v) is 6.00. The minimum Gasteiger partial charge on any atom is -0.467 e. The molecule has 0 spiro atoms. The Morgan fingerprint density at radius 2 is 2.00 bits per heavy atom. The minimum atomic E-state index is -0.221. The Labute approximate surface area is 106 Å². The zero-order valence-electron chi connectivity index (χ0n) is 9.73. The van der Waals surface area contributed by atoms with Gasteiger partial charge in [0.1, 0.15) is 11.1 Å². The molecule has 0 N–H and O–H groups in total. The van der Waals surface area contributed by atoms with Crippen LogP contribution in [0.4, 0.5) is 0 Å². The number of halogens is 1. The average molecular weight is 251 g/mol. The average Bonchev–Trinajstić information content (AvgIpc) is 2.90. The lowest BCUT2D eigenvalue weighted by Crippen LogP contribution is -1.96. The molecule has 2 aromatic rings. The molecule has 3 heteroatoms. The number of benzene rings is 1. The molecule has 17 heavy (non-hydrogen) atoms. The normalized spacial score (nSPS) is 12.6. The Morgan fingerprint density at radius 1 is 1.24 bits per heavy atom. The molecule has 1 aromatic heterocycles. The summed E-state index contributed by atoms with van der Waals surface area (Å²) in [6, 6.07) is 11.9. The maximum Gasteiger partial charge on any atom is 0.126 e. The van der Waals surface area contributed by atoms with Crippen LogP contribution in [0, 0.1) is 0 Å². The quantitative estimate of drug-likeness (QED) is 0.754. The topological polar surface area (TPSA) is 22.4 Å². The van der Waals surface area contributed by atoms with Gasteiger partial charge in [0, 0.05) is 7.11 Å². The van der Waals surface area contributed by atoms with Crippen molar-refractivity contribution in [2.24, 2.45) is 0 Å². The molecule has 1 unspecified atom stereocenters. The zero-order chi connectivity index (χ0) is 12.1. The van der Waals surface area contributed by atoms with Crippen LogP contribution in [0.3, 0.4) is 0 Å². The largest absolute Gasteiger partial charge is 0.467 e. The van der Waals surface area contributed by atoms with E-state index in [9.17, 15) is 0 Å². The molecule has 2 rings (SSSR count). The van der Waals surface area contributed by atoms with Crippen molar-refractivity contribution < 1.29 is 9.15 Å². The van der Waals surface area contributed by atoms with E-state index in [1.165, 1.54) is 5.56 Å². The number of methoxy groups -OCH3 is 1. The van der Waals surface area contributed by atoms with E-state index in [2.05, 4.69) is 12.1 Å². The lowest BCUT2D eigenvalue weighted by Gasteiger charge is -2.08. The highest BCUT2D eigenvalue weighted by Crippen LogP contribution is 2.28. The molecule has 0 aliphatic heterocycles. The van der Waals surface area contributed by atoms with E-state index in [4.69, 9.17) is 20.8 Å². The van der Waals surface area contributed by atoms with E-state index in [1.54, 1.807) is 13.4 Å². The number of furan rings is 1. The summed E-state index contributed by atoms with van der Waals surface area (Å²) in [4.78, 5) is 0. The van der Waals surface area contributed by atoms with Gasteiger partial charge in [-0.3, -0.25) is 0 Å². The Kier molecular flexibility index (Phi) is 4.24. The molecule has 0 amide bonds. The van der Waals surface area contributed by atoms with Crippen LogP contribution in [-0.4, -0.2) is 13.7 Å². The van der Waals surface area contributed by atoms with Gasteiger partial charge in [-0.2, -0.15) is 0 Å². The second-order valence-electron chi connectivity index (χ2n) is 3.86. The highest BCUT2D eigenvalue weighted by Gasteiger charge is 2.12. The fourth-order valence-corrected chi connectivity index (χ4v) is 1.94. The molecular weight excluding hydrogens is 236 g/mol. The van der Waals surface area contributed by atoms with Gasteiger partial charge < -0.3 is 9.15 Å². The van der Waals surface area contributed by atoms with E-state index < -0.39 is 0 Å². The van der Waals surface area contributed by atoms with Crippen molar-refractivity contribution in [3.63, 3.8) is 0 Å². The van der Waals surface area contributed by atoms with Crippen LogP contribution in [0.2, 0.25) is 0 Å². The van der Waals surface area contributed by atoms with Gasteiger partial charge >= 0.3 is 0 Å². The van der Waals surface area contributed by atoms with E-state index in [-0.39, 0.29) is 5.38 Å². The van der Waals surface area contributed by atoms with Crippen molar-refractivity contribution in [2.75, 3.05) is 13.7 Å². The number of rotatable bonds is 5. The Balaban J connectivity index is 2.07. The van der Waals surface area contributed by atoms with Crippen molar-refractivity contribution in [2.45, 2.75) is 11.8 Å². The number of alkyl halides is 1. The molecule has 0 aliphatic carbocycles. The van der Waals surface area contributed by atoms with Crippen molar-refractivity contribution >= 4 is 11.6 Å². The third-order valence-corrected chi connectivity index (χ3v) is 3.13. The molecule has 1 heterocycles. The van der Waals surface area contributed by atoms with Gasteiger partial charge in [-0.15, -0.1) is 11.6 Å². The second-order valence-corrected chi connectivity index (χ2v) is 4.30. The molecule has 1 aromatic carbocycles. The van der Waals surface area contributed by atoms with Crippen molar-refractivity contribution in [3.05, 3.63) is 59.5 Å². The fraction of sp³-hybridized carbons (Fsp3) is 0.286. The lowest BCUT2D eigenvalue weighted by molar-refractivity contribution is 0.202. The maximum atomic E-state index is 6.31. The number of hydrogen-bond donors (Lipinski definition) is 0. The predicted molar refractivity (Wildman–Crippen MR) is 68.4 cm³/mol. The van der Waals surface area contributed by atoms with Crippen LogP contribution in [0.1, 0.15) is 22.3 Å². The third kappa shape index (κ3) is 3.11. The van der Waals surface area contributed by atoms with Crippen LogP contribution >= 0.6 is 11.6 Å². The molecule has 90 valence electrons. The van der Waals surface area contributed by atoms with E-state index in [0.717, 1.165) is 24.4 Å². The summed E-state index contributed by atoms with van der Waals surface area (Å²) in [6.07, 6.45) is 2.56.